The molecular formula is C13H19BrN2O2. The van der Waals surface area contributed by atoms with E-state index in [9.17, 15) is 10.1 Å². The van der Waals surface area contributed by atoms with Crippen molar-refractivity contribution < 1.29 is 4.92 Å². The molecule has 1 unspecified atom stereocenters. The van der Waals surface area contributed by atoms with Gasteiger partial charge in [0.2, 0.25) is 0 Å². The van der Waals surface area contributed by atoms with Gasteiger partial charge in [0.15, 0.2) is 0 Å². The SMILES string of the molecule is CCCNC(C)CCc1ccc([N+](=O)[O-])cc1Br. The van der Waals surface area contributed by atoms with Gasteiger partial charge in [-0.15, -0.1) is 0 Å². The van der Waals surface area contributed by atoms with Crippen LogP contribution in [-0.4, -0.2) is 17.5 Å². The van der Waals surface area contributed by atoms with Crippen LogP contribution in [0.2, 0.25) is 0 Å². The first kappa shape index (κ1) is 15.1. The lowest BCUT2D eigenvalue weighted by Gasteiger charge is -2.13. The van der Waals surface area contributed by atoms with Gasteiger partial charge in [0.1, 0.15) is 0 Å². The minimum absolute atomic E-state index is 0.128. The van der Waals surface area contributed by atoms with Gasteiger partial charge in [-0.25, -0.2) is 0 Å². The second-order valence-electron chi connectivity index (χ2n) is 4.43. The zero-order valence-corrected chi connectivity index (χ0v) is 12.4. The highest BCUT2D eigenvalue weighted by Crippen LogP contribution is 2.24. The monoisotopic (exact) mass is 314 g/mol. The van der Waals surface area contributed by atoms with Gasteiger partial charge in [0.05, 0.1) is 4.92 Å². The fourth-order valence-corrected chi connectivity index (χ4v) is 2.28. The summed E-state index contributed by atoms with van der Waals surface area (Å²) in [6.07, 6.45) is 3.07. The Bertz CT molecular complexity index is 410. The molecular weight excluding hydrogens is 296 g/mol. The number of nitrogens with one attached hydrogen (secondary N) is 1. The molecule has 100 valence electrons. The summed E-state index contributed by atoms with van der Waals surface area (Å²) in [5.74, 6) is 0. The minimum Gasteiger partial charge on any atom is -0.314 e. The van der Waals surface area contributed by atoms with Crippen molar-refractivity contribution in [3.63, 3.8) is 0 Å². The second kappa shape index (κ2) is 7.48. The molecule has 0 bridgehead atoms. The van der Waals surface area contributed by atoms with Crippen LogP contribution in [-0.2, 0) is 6.42 Å². The molecule has 0 spiro atoms. The van der Waals surface area contributed by atoms with Crippen molar-refractivity contribution in [2.45, 2.75) is 39.2 Å². The third-order valence-corrected chi connectivity index (χ3v) is 3.58. The zero-order valence-electron chi connectivity index (χ0n) is 10.8. The molecule has 0 amide bonds. The van der Waals surface area contributed by atoms with Gasteiger partial charge in [0, 0.05) is 22.6 Å². The molecule has 1 aromatic rings. The molecule has 1 atom stereocenters. The van der Waals surface area contributed by atoms with E-state index in [-0.39, 0.29) is 10.6 Å². The molecule has 0 aromatic heterocycles. The van der Waals surface area contributed by atoms with E-state index in [4.69, 9.17) is 0 Å². The van der Waals surface area contributed by atoms with E-state index in [2.05, 4.69) is 35.1 Å². The van der Waals surface area contributed by atoms with E-state index in [1.165, 1.54) is 0 Å². The van der Waals surface area contributed by atoms with Gasteiger partial charge >= 0.3 is 0 Å². The summed E-state index contributed by atoms with van der Waals surface area (Å²) in [4.78, 5) is 10.2. The molecule has 4 nitrogen and oxygen atoms in total. The van der Waals surface area contributed by atoms with E-state index >= 15 is 0 Å². The fraction of sp³-hybridized carbons (Fsp3) is 0.538. The van der Waals surface area contributed by atoms with E-state index in [0.29, 0.717) is 6.04 Å². The minimum atomic E-state index is -0.375. The van der Waals surface area contributed by atoms with E-state index in [1.54, 1.807) is 12.1 Å². The van der Waals surface area contributed by atoms with Crippen molar-refractivity contribution in [1.29, 1.82) is 0 Å². The quantitative estimate of drug-likeness (QED) is 0.617. The Morgan fingerprint density at radius 2 is 2.22 bits per heavy atom. The smallest absolute Gasteiger partial charge is 0.270 e. The van der Waals surface area contributed by atoms with Crippen LogP contribution in [0.1, 0.15) is 32.3 Å². The van der Waals surface area contributed by atoms with Crippen LogP contribution >= 0.6 is 15.9 Å². The Balaban J connectivity index is 2.55. The molecule has 0 saturated heterocycles. The second-order valence-corrected chi connectivity index (χ2v) is 5.28. The largest absolute Gasteiger partial charge is 0.314 e. The summed E-state index contributed by atoms with van der Waals surface area (Å²) in [5, 5.41) is 14.1. The molecule has 0 radical (unpaired) electrons. The van der Waals surface area contributed by atoms with Gasteiger partial charge in [-0.05, 0) is 38.3 Å². The zero-order chi connectivity index (χ0) is 13.5. The predicted molar refractivity (Wildman–Crippen MR) is 76.9 cm³/mol. The van der Waals surface area contributed by atoms with Crippen molar-refractivity contribution in [3.05, 3.63) is 38.3 Å². The van der Waals surface area contributed by atoms with Crippen LogP contribution in [0, 0.1) is 10.1 Å². The standard InChI is InChI=1S/C13H19BrN2O2/c1-3-8-15-10(2)4-5-11-6-7-12(16(17)18)9-13(11)14/h6-7,9-10,15H,3-5,8H2,1-2H3. The lowest BCUT2D eigenvalue weighted by molar-refractivity contribution is -0.384. The summed E-state index contributed by atoms with van der Waals surface area (Å²) < 4.78 is 0.819. The molecule has 0 saturated carbocycles. The first-order valence-corrected chi connectivity index (χ1v) is 7.00. The number of hydrogen-bond donors (Lipinski definition) is 1. The van der Waals surface area contributed by atoms with Crippen molar-refractivity contribution in [1.82, 2.24) is 5.32 Å². The maximum atomic E-state index is 10.6. The number of non-ortho nitro benzene ring substituents is 1. The highest BCUT2D eigenvalue weighted by molar-refractivity contribution is 9.10. The third-order valence-electron chi connectivity index (χ3n) is 2.84. The Kier molecular flexibility index (Phi) is 6.29. The van der Waals surface area contributed by atoms with E-state index < -0.39 is 0 Å². The first-order valence-electron chi connectivity index (χ1n) is 6.20. The van der Waals surface area contributed by atoms with Gasteiger partial charge in [-0.2, -0.15) is 0 Å². The highest BCUT2D eigenvalue weighted by Gasteiger charge is 2.10. The number of nitro groups is 1. The average molecular weight is 315 g/mol. The summed E-state index contributed by atoms with van der Waals surface area (Å²) in [6, 6.07) is 5.42. The van der Waals surface area contributed by atoms with Gasteiger partial charge in [-0.3, -0.25) is 10.1 Å². The summed E-state index contributed by atoms with van der Waals surface area (Å²) >= 11 is 3.39. The van der Waals surface area contributed by atoms with Crippen LogP contribution in [0.3, 0.4) is 0 Å². The van der Waals surface area contributed by atoms with Crippen LogP contribution < -0.4 is 5.32 Å². The summed E-state index contributed by atoms with van der Waals surface area (Å²) in [5.41, 5.74) is 1.24. The van der Waals surface area contributed by atoms with Crippen molar-refractivity contribution in [3.8, 4) is 0 Å². The van der Waals surface area contributed by atoms with E-state index in [1.807, 2.05) is 6.07 Å². The third kappa shape index (κ3) is 4.74. The number of aryl methyl sites for hydroxylation is 1. The number of halogens is 1. The molecule has 0 heterocycles. The molecule has 0 fully saturated rings. The van der Waals surface area contributed by atoms with Crippen LogP contribution in [0.25, 0.3) is 0 Å². The summed E-state index contributed by atoms with van der Waals surface area (Å²) in [7, 11) is 0. The number of nitro benzene ring substituents is 1. The maximum Gasteiger partial charge on any atom is 0.270 e. The highest BCUT2D eigenvalue weighted by atomic mass is 79.9. The Morgan fingerprint density at radius 3 is 2.78 bits per heavy atom. The summed E-state index contributed by atoms with van der Waals surface area (Å²) in [6.45, 7) is 5.34. The van der Waals surface area contributed by atoms with Gasteiger partial charge < -0.3 is 5.32 Å². The maximum absolute atomic E-state index is 10.6. The number of rotatable bonds is 7. The molecule has 1 rings (SSSR count). The van der Waals surface area contributed by atoms with Crippen molar-refractivity contribution >= 4 is 21.6 Å². The number of nitrogens with zero attached hydrogens (tertiary/aromatic N) is 1. The molecule has 0 aliphatic rings. The topological polar surface area (TPSA) is 55.2 Å². The normalized spacial score (nSPS) is 12.4. The van der Waals surface area contributed by atoms with Gasteiger partial charge in [0.25, 0.3) is 5.69 Å². The lowest BCUT2D eigenvalue weighted by atomic mass is 10.1. The van der Waals surface area contributed by atoms with Gasteiger partial charge in [-0.1, -0.05) is 28.9 Å². The molecule has 1 N–H and O–H groups in total. The lowest BCUT2D eigenvalue weighted by Crippen LogP contribution is -2.27. The van der Waals surface area contributed by atoms with Crippen molar-refractivity contribution in [2.75, 3.05) is 6.54 Å². The fourth-order valence-electron chi connectivity index (χ4n) is 1.72. The molecule has 0 aliphatic carbocycles. The Hall–Kier alpha value is -0.940. The number of hydrogen-bond acceptors (Lipinski definition) is 3. The van der Waals surface area contributed by atoms with Crippen LogP contribution in [0.4, 0.5) is 5.69 Å². The molecule has 18 heavy (non-hydrogen) atoms. The van der Waals surface area contributed by atoms with Crippen LogP contribution in [0.5, 0.6) is 0 Å². The predicted octanol–water partition coefficient (Wildman–Crippen LogP) is 3.68. The Labute approximate surface area is 116 Å². The molecule has 1 aromatic carbocycles. The molecule has 5 heteroatoms. The molecule has 0 aliphatic heterocycles. The Morgan fingerprint density at radius 1 is 1.50 bits per heavy atom. The van der Waals surface area contributed by atoms with E-state index in [0.717, 1.165) is 35.8 Å². The van der Waals surface area contributed by atoms with Crippen LogP contribution in [0.15, 0.2) is 22.7 Å². The average Bonchev–Trinajstić information content (AvgIpc) is 2.34. The number of benzene rings is 1. The van der Waals surface area contributed by atoms with Crippen molar-refractivity contribution in [2.24, 2.45) is 0 Å². The first-order chi connectivity index (χ1) is 8.54.